The first-order valence-corrected chi connectivity index (χ1v) is 11.2. The standard InChI is InChI=1S/C23H34N2O2/c1-14(26)27-16-6-8-22(2)15(12-16)4-5-17-18(22)7-9-23(3)19(17)13-20-21(23)25-11-10-24-20/h15-19H,4-13H2,1-3H3/t15-,16+,17?,18?,19-,22-,23-/m0/s1. The third-order valence-electron chi connectivity index (χ3n) is 9.24. The molecular weight excluding hydrogens is 336 g/mol. The first-order chi connectivity index (χ1) is 12.9. The normalized spacial score (nSPS) is 48.3. The molecule has 2 unspecified atom stereocenters. The van der Waals surface area contributed by atoms with Gasteiger partial charge in [0.25, 0.3) is 0 Å². The van der Waals surface area contributed by atoms with Crippen LogP contribution in [0.1, 0.15) is 72.1 Å². The summed E-state index contributed by atoms with van der Waals surface area (Å²) in [5.41, 5.74) is 3.43. The Kier molecular flexibility index (Phi) is 4.07. The Bertz CT molecular complexity index is 713. The van der Waals surface area contributed by atoms with Gasteiger partial charge in [-0.1, -0.05) is 13.8 Å². The van der Waals surface area contributed by atoms with Crippen molar-refractivity contribution in [3.05, 3.63) is 0 Å². The van der Waals surface area contributed by atoms with E-state index < -0.39 is 0 Å². The lowest BCUT2D eigenvalue weighted by Crippen LogP contribution is -2.54. The van der Waals surface area contributed by atoms with Gasteiger partial charge in [-0.15, -0.1) is 0 Å². The van der Waals surface area contributed by atoms with Gasteiger partial charge in [-0.3, -0.25) is 14.8 Å². The van der Waals surface area contributed by atoms with Gasteiger partial charge in [0.05, 0.1) is 24.5 Å². The summed E-state index contributed by atoms with van der Waals surface area (Å²) < 4.78 is 5.60. The van der Waals surface area contributed by atoms with E-state index in [9.17, 15) is 4.79 Å². The first-order valence-electron chi connectivity index (χ1n) is 11.2. The van der Waals surface area contributed by atoms with E-state index in [1.54, 1.807) is 6.92 Å². The summed E-state index contributed by atoms with van der Waals surface area (Å²) in [4.78, 5) is 21.3. The second kappa shape index (κ2) is 6.15. The molecule has 27 heavy (non-hydrogen) atoms. The highest BCUT2D eigenvalue weighted by atomic mass is 16.5. The molecule has 0 saturated heterocycles. The first kappa shape index (κ1) is 17.9. The van der Waals surface area contributed by atoms with E-state index in [0.717, 1.165) is 49.6 Å². The van der Waals surface area contributed by atoms with Crippen LogP contribution in [0.25, 0.3) is 0 Å². The van der Waals surface area contributed by atoms with E-state index >= 15 is 0 Å². The summed E-state index contributed by atoms with van der Waals surface area (Å²) >= 11 is 0. The summed E-state index contributed by atoms with van der Waals surface area (Å²) in [5, 5.41) is 0. The van der Waals surface area contributed by atoms with E-state index in [-0.39, 0.29) is 17.5 Å². The van der Waals surface area contributed by atoms with Crippen LogP contribution in [0.4, 0.5) is 0 Å². The van der Waals surface area contributed by atoms with Crippen LogP contribution < -0.4 is 0 Å². The summed E-state index contributed by atoms with van der Waals surface area (Å²) in [6.07, 6.45) is 9.97. The lowest BCUT2D eigenvalue weighted by Gasteiger charge is -2.60. The van der Waals surface area contributed by atoms with Crippen LogP contribution >= 0.6 is 0 Å². The number of carbonyl (C=O) groups is 1. The summed E-state index contributed by atoms with van der Waals surface area (Å²) in [5.74, 6) is 3.01. The molecule has 0 aromatic heterocycles. The van der Waals surface area contributed by atoms with Gasteiger partial charge < -0.3 is 4.74 Å². The number of rotatable bonds is 1. The van der Waals surface area contributed by atoms with Crippen molar-refractivity contribution in [2.45, 2.75) is 78.2 Å². The Morgan fingerprint density at radius 2 is 1.85 bits per heavy atom. The second-order valence-electron chi connectivity index (χ2n) is 10.4. The second-order valence-corrected chi connectivity index (χ2v) is 10.4. The topological polar surface area (TPSA) is 51.0 Å². The van der Waals surface area contributed by atoms with Gasteiger partial charge >= 0.3 is 5.97 Å². The fraction of sp³-hybridized carbons (Fsp3) is 0.870. The van der Waals surface area contributed by atoms with E-state index in [1.807, 2.05) is 0 Å². The molecule has 4 nitrogen and oxygen atoms in total. The SMILES string of the molecule is CC(=O)O[C@@H]1CC[C@]2(C)C3CC[C@]4(C)C5=NCCN=C5C[C@H]4C3CC[C@H]2C1. The van der Waals surface area contributed by atoms with Crippen molar-refractivity contribution in [3.8, 4) is 0 Å². The predicted molar refractivity (Wildman–Crippen MR) is 107 cm³/mol. The molecule has 1 heterocycles. The van der Waals surface area contributed by atoms with Gasteiger partial charge in [0.15, 0.2) is 0 Å². The minimum Gasteiger partial charge on any atom is -0.463 e. The average molecular weight is 371 g/mol. The van der Waals surface area contributed by atoms with Crippen LogP contribution in [-0.4, -0.2) is 36.6 Å². The molecule has 0 radical (unpaired) electrons. The van der Waals surface area contributed by atoms with Crippen LogP contribution in [0.3, 0.4) is 0 Å². The number of esters is 1. The molecule has 0 N–H and O–H groups in total. The third-order valence-corrected chi connectivity index (χ3v) is 9.24. The number of fused-ring (bicyclic) bond motifs is 7. The Labute approximate surface area is 163 Å². The minimum absolute atomic E-state index is 0.110. The minimum atomic E-state index is -0.110. The fourth-order valence-corrected chi connectivity index (χ4v) is 7.94. The lowest BCUT2D eigenvalue weighted by molar-refractivity contribution is -0.158. The number of hydrogen-bond acceptors (Lipinski definition) is 4. The molecule has 1 aliphatic heterocycles. The number of ether oxygens (including phenoxy) is 1. The maximum Gasteiger partial charge on any atom is 0.302 e. The highest BCUT2D eigenvalue weighted by Crippen LogP contribution is 2.65. The number of nitrogens with zero attached hydrogens (tertiary/aromatic N) is 2. The van der Waals surface area contributed by atoms with E-state index in [0.29, 0.717) is 5.41 Å². The van der Waals surface area contributed by atoms with E-state index in [4.69, 9.17) is 14.7 Å². The molecular formula is C23H34N2O2. The van der Waals surface area contributed by atoms with Gasteiger partial charge in [0.1, 0.15) is 6.10 Å². The molecule has 4 fully saturated rings. The van der Waals surface area contributed by atoms with Crippen molar-refractivity contribution < 1.29 is 9.53 Å². The quantitative estimate of drug-likeness (QED) is 0.640. The molecule has 4 aliphatic carbocycles. The number of hydrogen-bond donors (Lipinski definition) is 0. The van der Waals surface area contributed by atoms with Crippen LogP contribution in [0, 0.1) is 34.5 Å². The molecule has 5 rings (SSSR count). The van der Waals surface area contributed by atoms with Gasteiger partial charge in [-0.2, -0.15) is 0 Å². The Hall–Kier alpha value is -1.19. The van der Waals surface area contributed by atoms with E-state index in [1.165, 1.54) is 49.9 Å². The van der Waals surface area contributed by atoms with Crippen molar-refractivity contribution in [3.63, 3.8) is 0 Å². The molecule has 4 saturated carbocycles. The van der Waals surface area contributed by atoms with Gasteiger partial charge in [-0.25, -0.2) is 0 Å². The molecule has 4 heteroatoms. The number of carbonyl (C=O) groups excluding carboxylic acids is 1. The fourth-order valence-electron chi connectivity index (χ4n) is 7.94. The molecule has 0 amide bonds. The predicted octanol–water partition coefficient (Wildman–Crippen LogP) is 4.47. The monoisotopic (exact) mass is 370 g/mol. The molecule has 5 aliphatic rings. The van der Waals surface area contributed by atoms with E-state index in [2.05, 4.69) is 13.8 Å². The molecule has 0 bridgehead atoms. The van der Waals surface area contributed by atoms with Crippen LogP contribution in [-0.2, 0) is 9.53 Å². The maximum atomic E-state index is 11.4. The zero-order chi connectivity index (χ0) is 18.8. The van der Waals surface area contributed by atoms with Gasteiger partial charge in [0.2, 0.25) is 0 Å². The molecule has 0 aromatic rings. The summed E-state index contributed by atoms with van der Waals surface area (Å²) in [6, 6.07) is 0. The number of aliphatic imine (C=N–C) groups is 2. The largest absolute Gasteiger partial charge is 0.463 e. The zero-order valence-corrected chi connectivity index (χ0v) is 17.2. The van der Waals surface area contributed by atoms with Crippen LogP contribution in [0.2, 0.25) is 0 Å². The van der Waals surface area contributed by atoms with Crippen LogP contribution in [0.5, 0.6) is 0 Å². The van der Waals surface area contributed by atoms with Crippen molar-refractivity contribution >= 4 is 17.4 Å². The smallest absolute Gasteiger partial charge is 0.302 e. The third kappa shape index (κ3) is 2.57. The lowest BCUT2D eigenvalue weighted by atomic mass is 9.45. The van der Waals surface area contributed by atoms with Crippen molar-refractivity contribution in [2.75, 3.05) is 13.1 Å². The Morgan fingerprint density at radius 3 is 2.67 bits per heavy atom. The van der Waals surface area contributed by atoms with Crippen molar-refractivity contribution in [1.29, 1.82) is 0 Å². The average Bonchev–Trinajstić information content (AvgIpc) is 2.95. The molecule has 0 spiro atoms. The Balaban J connectivity index is 1.40. The summed E-state index contributed by atoms with van der Waals surface area (Å²) in [7, 11) is 0. The molecule has 148 valence electrons. The highest BCUT2D eigenvalue weighted by molar-refractivity contribution is 6.46. The highest BCUT2D eigenvalue weighted by Gasteiger charge is 2.61. The van der Waals surface area contributed by atoms with Crippen LogP contribution in [0.15, 0.2) is 9.98 Å². The molecule has 7 atom stereocenters. The maximum absolute atomic E-state index is 11.4. The zero-order valence-electron chi connectivity index (χ0n) is 17.2. The van der Waals surface area contributed by atoms with Crippen molar-refractivity contribution in [1.82, 2.24) is 0 Å². The van der Waals surface area contributed by atoms with Gasteiger partial charge in [-0.05, 0) is 80.5 Å². The Morgan fingerprint density at radius 1 is 1.04 bits per heavy atom. The molecule has 0 aromatic carbocycles. The summed E-state index contributed by atoms with van der Waals surface area (Å²) in [6.45, 7) is 8.40. The van der Waals surface area contributed by atoms with Crippen molar-refractivity contribution in [2.24, 2.45) is 44.5 Å². The van der Waals surface area contributed by atoms with Gasteiger partial charge in [0, 0.05) is 12.3 Å².